The highest BCUT2D eigenvalue weighted by Crippen LogP contribution is 2.28. The van der Waals surface area contributed by atoms with E-state index < -0.39 is 0 Å². The normalized spacial score (nSPS) is 11.2. The molecule has 9 heteroatoms. The molecule has 3 aromatic heterocycles. The third-order valence-corrected chi connectivity index (χ3v) is 4.92. The standard InChI is InChI=1S/C20H20BrN5O.2ClH/c1-20(2,11-22)12-27-16-5-3-4-13-6-8-15(23-18(13)16)19-25-24-17-9-7-14(21)10-26(17)19;;/h3-10H,11-12,22H2,1-2H3;2*1H. The van der Waals surface area contributed by atoms with Gasteiger partial charge in [0.15, 0.2) is 11.5 Å². The summed E-state index contributed by atoms with van der Waals surface area (Å²) < 4.78 is 8.93. The lowest BCUT2D eigenvalue weighted by atomic mass is 9.95. The molecule has 0 fully saturated rings. The van der Waals surface area contributed by atoms with Gasteiger partial charge in [-0.25, -0.2) is 4.98 Å². The van der Waals surface area contributed by atoms with Gasteiger partial charge in [-0.3, -0.25) is 4.40 Å². The fraction of sp³-hybridized carbons (Fsp3) is 0.250. The second-order valence-corrected chi connectivity index (χ2v) is 8.20. The van der Waals surface area contributed by atoms with Crippen LogP contribution in [0.25, 0.3) is 28.1 Å². The van der Waals surface area contributed by atoms with Crippen LogP contribution in [-0.2, 0) is 0 Å². The average Bonchev–Trinajstić information content (AvgIpc) is 3.09. The molecule has 0 aliphatic carbocycles. The summed E-state index contributed by atoms with van der Waals surface area (Å²) in [7, 11) is 0. The van der Waals surface area contributed by atoms with Gasteiger partial charge < -0.3 is 10.5 Å². The third kappa shape index (κ3) is 4.80. The molecular formula is C20H22BrCl2N5O. The van der Waals surface area contributed by atoms with E-state index >= 15 is 0 Å². The van der Waals surface area contributed by atoms with Gasteiger partial charge in [0.25, 0.3) is 0 Å². The van der Waals surface area contributed by atoms with Crippen LogP contribution in [0.2, 0.25) is 0 Å². The second kappa shape index (κ2) is 9.26. The van der Waals surface area contributed by atoms with E-state index in [1.807, 2.05) is 53.1 Å². The molecule has 0 atom stereocenters. The number of halogens is 3. The molecule has 0 amide bonds. The molecule has 4 aromatic rings. The minimum Gasteiger partial charge on any atom is -0.491 e. The molecule has 0 radical (unpaired) electrons. The Balaban J connectivity index is 0.00000150. The summed E-state index contributed by atoms with van der Waals surface area (Å²) in [6.45, 7) is 5.24. The molecule has 0 saturated carbocycles. The zero-order chi connectivity index (χ0) is 19.0. The van der Waals surface area contributed by atoms with Crippen molar-refractivity contribution in [3.63, 3.8) is 0 Å². The topological polar surface area (TPSA) is 78.3 Å². The van der Waals surface area contributed by atoms with Crippen molar-refractivity contribution in [3.05, 3.63) is 53.1 Å². The molecule has 29 heavy (non-hydrogen) atoms. The Morgan fingerprint density at radius 1 is 1.07 bits per heavy atom. The maximum absolute atomic E-state index is 6.06. The van der Waals surface area contributed by atoms with Crippen LogP contribution in [-0.4, -0.2) is 32.7 Å². The summed E-state index contributed by atoms with van der Waals surface area (Å²) in [4.78, 5) is 4.83. The van der Waals surface area contributed by atoms with Gasteiger partial charge in [0.05, 0.1) is 6.61 Å². The molecule has 0 saturated heterocycles. The minimum absolute atomic E-state index is 0. The molecular weight excluding hydrogens is 477 g/mol. The van der Waals surface area contributed by atoms with E-state index in [9.17, 15) is 0 Å². The van der Waals surface area contributed by atoms with Crippen LogP contribution in [0.4, 0.5) is 0 Å². The first-order chi connectivity index (χ1) is 13.0. The highest BCUT2D eigenvalue weighted by atomic mass is 79.9. The molecule has 0 spiro atoms. The van der Waals surface area contributed by atoms with E-state index in [1.165, 1.54) is 0 Å². The summed E-state index contributed by atoms with van der Waals surface area (Å²) in [6.07, 6.45) is 1.93. The number of nitrogens with zero attached hydrogens (tertiary/aromatic N) is 4. The van der Waals surface area contributed by atoms with Crippen LogP contribution in [0.1, 0.15) is 13.8 Å². The number of ether oxygens (including phenoxy) is 1. The Morgan fingerprint density at radius 2 is 1.86 bits per heavy atom. The molecule has 0 bridgehead atoms. The number of hydrogen-bond donors (Lipinski definition) is 1. The van der Waals surface area contributed by atoms with Crippen LogP contribution in [0.5, 0.6) is 5.75 Å². The number of para-hydroxylation sites is 1. The zero-order valence-electron chi connectivity index (χ0n) is 16.0. The molecule has 6 nitrogen and oxygen atoms in total. The number of nitrogens with two attached hydrogens (primary N) is 1. The van der Waals surface area contributed by atoms with Gasteiger partial charge in [0.2, 0.25) is 0 Å². The Morgan fingerprint density at radius 3 is 2.62 bits per heavy atom. The van der Waals surface area contributed by atoms with Crippen molar-refractivity contribution in [1.29, 1.82) is 0 Å². The number of hydrogen-bond acceptors (Lipinski definition) is 5. The number of fused-ring (bicyclic) bond motifs is 2. The number of benzene rings is 1. The van der Waals surface area contributed by atoms with Crippen LogP contribution >= 0.6 is 40.7 Å². The van der Waals surface area contributed by atoms with Crippen molar-refractivity contribution in [2.24, 2.45) is 11.1 Å². The number of rotatable bonds is 5. The van der Waals surface area contributed by atoms with Crippen molar-refractivity contribution in [1.82, 2.24) is 19.6 Å². The maximum atomic E-state index is 6.06. The molecule has 1 aromatic carbocycles. The van der Waals surface area contributed by atoms with E-state index in [4.69, 9.17) is 15.5 Å². The minimum atomic E-state index is -0.102. The predicted octanol–water partition coefficient (Wildman–Crippen LogP) is 4.91. The molecule has 0 aliphatic heterocycles. The van der Waals surface area contributed by atoms with Gasteiger partial charge in [-0.05, 0) is 40.2 Å². The summed E-state index contributed by atoms with van der Waals surface area (Å²) >= 11 is 3.49. The van der Waals surface area contributed by atoms with Crippen LogP contribution in [0.3, 0.4) is 0 Å². The monoisotopic (exact) mass is 497 g/mol. The first-order valence-electron chi connectivity index (χ1n) is 8.70. The molecule has 154 valence electrons. The van der Waals surface area contributed by atoms with Crippen LogP contribution in [0.15, 0.2) is 53.1 Å². The van der Waals surface area contributed by atoms with E-state index in [1.54, 1.807) is 0 Å². The quantitative estimate of drug-likeness (QED) is 0.422. The molecule has 3 heterocycles. The highest BCUT2D eigenvalue weighted by Gasteiger charge is 2.18. The second-order valence-electron chi connectivity index (χ2n) is 7.28. The largest absolute Gasteiger partial charge is 0.491 e. The third-order valence-electron chi connectivity index (χ3n) is 4.45. The summed E-state index contributed by atoms with van der Waals surface area (Å²) in [5.41, 5.74) is 8.02. The lowest BCUT2D eigenvalue weighted by molar-refractivity contribution is 0.189. The van der Waals surface area contributed by atoms with Gasteiger partial charge in [0, 0.05) is 28.0 Å². The van der Waals surface area contributed by atoms with Crippen molar-refractivity contribution < 1.29 is 4.74 Å². The van der Waals surface area contributed by atoms with E-state index in [0.717, 1.165) is 32.5 Å². The molecule has 0 unspecified atom stereocenters. The van der Waals surface area contributed by atoms with E-state index in [0.29, 0.717) is 19.0 Å². The van der Waals surface area contributed by atoms with Crippen molar-refractivity contribution in [2.45, 2.75) is 13.8 Å². The number of pyridine rings is 2. The van der Waals surface area contributed by atoms with Gasteiger partial charge in [-0.2, -0.15) is 0 Å². The molecule has 2 N–H and O–H groups in total. The summed E-state index contributed by atoms with van der Waals surface area (Å²) in [5, 5.41) is 9.55. The SMILES string of the molecule is CC(C)(CN)COc1cccc2ccc(-c3nnc4ccc(Br)cn34)nc12.Cl.Cl. The highest BCUT2D eigenvalue weighted by molar-refractivity contribution is 9.10. The Labute approximate surface area is 189 Å². The Hall–Kier alpha value is -1.93. The van der Waals surface area contributed by atoms with Crippen LogP contribution in [0, 0.1) is 5.41 Å². The van der Waals surface area contributed by atoms with Gasteiger partial charge in [0.1, 0.15) is 17.0 Å². The first kappa shape index (κ1) is 23.3. The summed E-state index contributed by atoms with van der Waals surface area (Å²) in [5.74, 6) is 1.43. The zero-order valence-corrected chi connectivity index (χ0v) is 19.2. The van der Waals surface area contributed by atoms with Gasteiger partial charge in [-0.15, -0.1) is 35.0 Å². The number of aromatic nitrogens is 4. The predicted molar refractivity (Wildman–Crippen MR) is 124 cm³/mol. The first-order valence-corrected chi connectivity index (χ1v) is 9.49. The Bertz CT molecular complexity index is 1130. The van der Waals surface area contributed by atoms with Crippen molar-refractivity contribution in [3.8, 4) is 17.3 Å². The average molecular weight is 499 g/mol. The van der Waals surface area contributed by atoms with Gasteiger partial charge in [-0.1, -0.05) is 32.0 Å². The van der Waals surface area contributed by atoms with Crippen molar-refractivity contribution >= 4 is 57.3 Å². The van der Waals surface area contributed by atoms with E-state index in [2.05, 4.69) is 40.0 Å². The van der Waals surface area contributed by atoms with Crippen molar-refractivity contribution in [2.75, 3.05) is 13.2 Å². The fourth-order valence-corrected chi connectivity index (χ4v) is 3.07. The van der Waals surface area contributed by atoms with E-state index in [-0.39, 0.29) is 30.2 Å². The Kier molecular flexibility index (Phi) is 7.45. The lowest BCUT2D eigenvalue weighted by Gasteiger charge is -2.22. The van der Waals surface area contributed by atoms with Gasteiger partial charge >= 0.3 is 0 Å². The molecule has 0 aliphatic rings. The van der Waals surface area contributed by atoms with Crippen LogP contribution < -0.4 is 10.5 Å². The molecule has 4 rings (SSSR count). The maximum Gasteiger partial charge on any atom is 0.187 e. The fourth-order valence-electron chi connectivity index (χ4n) is 2.73. The summed E-state index contributed by atoms with van der Waals surface area (Å²) in [6, 6.07) is 13.7. The lowest BCUT2D eigenvalue weighted by Crippen LogP contribution is -2.30. The smallest absolute Gasteiger partial charge is 0.187 e.